The van der Waals surface area contributed by atoms with Crippen molar-refractivity contribution in [2.45, 2.75) is 6.54 Å². The quantitative estimate of drug-likeness (QED) is 0.430. The zero-order valence-corrected chi connectivity index (χ0v) is 10.9. The number of nitrogens with one attached hydrogen (secondary N) is 1. The van der Waals surface area contributed by atoms with E-state index < -0.39 is 7.12 Å². The van der Waals surface area contributed by atoms with Crippen LogP contribution in [-0.4, -0.2) is 36.7 Å². The smallest absolute Gasteiger partial charge is 0.423 e. The first-order chi connectivity index (χ1) is 10.0. The van der Waals surface area contributed by atoms with E-state index in [0.29, 0.717) is 17.7 Å². The molecule has 5 N–H and O–H groups in total. The second-order valence-electron chi connectivity index (χ2n) is 4.61. The number of rotatable bonds is 3. The maximum absolute atomic E-state index is 11.7. The first-order valence-corrected chi connectivity index (χ1v) is 6.20. The lowest BCUT2D eigenvalue weighted by atomic mass is 9.80. The van der Waals surface area contributed by atoms with E-state index in [1.54, 1.807) is 28.8 Å². The lowest BCUT2D eigenvalue weighted by Gasteiger charge is -2.05. The van der Waals surface area contributed by atoms with Gasteiger partial charge in [0.25, 0.3) is 5.56 Å². The molecule has 9 heteroatoms. The SMILES string of the molecule is Nc1nc2c(ncn2Cc2ccc(B(O)O)cc2)c(=O)[nH]1. The number of nitrogens with two attached hydrogens (primary N) is 1. The van der Waals surface area contributed by atoms with E-state index in [9.17, 15) is 4.79 Å². The van der Waals surface area contributed by atoms with Gasteiger partial charge in [0.05, 0.1) is 12.9 Å². The molecule has 8 nitrogen and oxygen atoms in total. The molecule has 0 aliphatic heterocycles. The number of hydrogen-bond donors (Lipinski definition) is 4. The molecule has 0 unspecified atom stereocenters. The predicted octanol–water partition coefficient (Wildman–Crippen LogP) is -1.57. The van der Waals surface area contributed by atoms with Gasteiger partial charge in [0, 0.05) is 0 Å². The highest BCUT2D eigenvalue weighted by atomic mass is 16.4. The fourth-order valence-electron chi connectivity index (χ4n) is 2.08. The second-order valence-corrected chi connectivity index (χ2v) is 4.61. The topological polar surface area (TPSA) is 130 Å². The number of imidazole rings is 1. The van der Waals surface area contributed by atoms with Crippen molar-refractivity contribution in [3.63, 3.8) is 0 Å². The van der Waals surface area contributed by atoms with Crippen LogP contribution in [0.2, 0.25) is 0 Å². The molecular weight excluding hydrogens is 273 g/mol. The Morgan fingerprint density at radius 3 is 2.67 bits per heavy atom. The summed E-state index contributed by atoms with van der Waals surface area (Å²) in [4.78, 5) is 22.2. The molecule has 0 spiro atoms. The number of aromatic amines is 1. The van der Waals surface area contributed by atoms with Crippen LogP contribution in [0.5, 0.6) is 0 Å². The van der Waals surface area contributed by atoms with Gasteiger partial charge in [-0.25, -0.2) is 4.98 Å². The molecule has 3 aromatic rings. The summed E-state index contributed by atoms with van der Waals surface area (Å²) in [5.41, 5.74) is 7.10. The Morgan fingerprint density at radius 1 is 1.29 bits per heavy atom. The minimum absolute atomic E-state index is 0.0352. The molecule has 0 saturated heterocycles. The molecule has 0 fully saturated rings. The number of hydrogen-bond acceptors (Lipinski definition) is 6. The van der Waals surface area contributed by atoms with E-state index in [1.165, 1.54) is 6.33 Å². The molecule has 106 valence electrons. The van der Waals surface area contributed by atoms with Crippen molar-refractivity contribution in [1.82, 2.24) is 19.5 Å². The van der Waals surface area contributed by atoms with Gasteiger partial charge in [0.1, 0.15) is 0 Å². The molecular formula is C12H12BN5O3. The van der Waals surface area contributed by atoms with Gasteiger partial charge in [-0.2, -0.15) is 4.98 Å². The van der Waals surface area contributed by atoms with E-state index >= 15 is 0 Å². The van der Waals surface area contributed by atoms with Crippen molar-refractivity contribution in [1.29, 1.82) is 0 Å². The second kappa shape index (κ2) is 5.04. The predicted molar refractivity (Wildman–Crippen MR) is 77.9 cm³/mol. The third-order valence-electron chi connectivity index (χ3n) is 3.12. The van der Waals surface area contributed by atoms with Crippen LogP contribution < -0.4 is 16.8 Å². The minimum Gasteiger partial charge on any atom is -0.423 e. The van der Waals surface area contributed by atoms with Gasteiger partial charge >= 0.3 is 7.12 Å². The molecule has 21 heavy (non-hydrogen) atoms. The van der Waals surface area contributed by atoms with Gasteiger partial charge in [-0.05, 0) is 11.0 Å². The summed E-state index contributed by atoms with van der Waals surface area (Å²) in [6.07, 6.45) is 1.52. The van der Waals surface area contributed by atoms with Crippen LogP contribution in [0.4, 0.5) is 5.95 Å². The van der Waals surface area contributed by atoms with E-state index in [-0.39, 0.29) is 17.0 Å². The van der Waals surface area contributed by atoms with Crippen LogP contribution >= 0.6 is 0 Å². The highest BCUT2D eigenvalue weighted by molar-refractivity contribution is 6.58. The lowest BCUT2D eigenvalue weighted by molar-refractivity contribution is 0.426. The Bertz CT molecular complexity index is 840. The van der Waals surface area contributed by atoms with Crippen LogP contribution in [0, 0.1) is 0 Å². The third kappa shape index (κ3) is 2.51. The van der Waals surface area contributed by atoms with Gasteiger partial charge in [0.2, 0.25) is 5.95 Å². The largest absolute Gasteiger partial charge is 0.488 e. The Balaban J connectivity index is 1.96. The number of aromatic nitrogens is 4. The molecule has 2 aromatic heterocycles. The summed E-state index contributed by atoms with van der Waals surface area (Å²) >= 11 is 0. The number of nitrogen functional groups attached to an aromatic ring is 1. The Hall–Kier alpha value is -2.65. The third-order valence-corrected chi connectivity index (χ3v) is 3.12. The summed E-state index contributed by atoms with van der Waals surface area (Å²) in [6, 6.07) is 6.76. The highest BCUT2D eigenvalue weighted by Gasteiger charge is 2.12. The summed E-state index contributed by atoms with van der Waals surface area (Å²) in [6.45, 7) is 0.439. The monoisotopic (exact) mass is 285 g/mol. The van der Waals surface area contributed by atoms with Crippen molar-refractivity contribution < 1.29 is 10.0 Å². The number of H-pyrrole nitrogens is 1. The maximum Gasteiger partial charge on any atom is 0.488 e. The van der Waals surface area contributed by atoms with Crippen LogP contribution in [0.1, 0.15) is 5.56 Å². The number of anilines is 1. The Labute approximate surface area is 119 Å². The van der Waals surface area contributed by atoms with Crippen LogP contribution in [0.25, 0.3) is 11.2 Å². The molecule has 0 bridgehead atoms. The molecule has 0 saturated carbocycles. The molecule has 0 aliphatic carbocycles. The van der Waals surface area contributed by atoms with Gasteiger partial charge in [-0.3, -0.25) is 9.78 Å². The van der Waals surface area contributed by atoms with Crippen molar-refractivity contribution in [3.05, 3.63) is 46.5 Å². The molecule has 0 atom stereocenters. The average Bonchev–Trinajstić information content (AvgIpc) is 2.83. The number of fused-ring (bicyclic) bond motifs is 1. The molecule has 0 aliphatic rings. The summed E-state index contributed by atoms with van der Waals surface area (Å²) in [5, 5.41) is 18.1. The normalized spacial score (nSPS) is 11.0. The summed E-state index contributed by atoms with van der Waals surface area (Å²) < 4.78 is 1.70. The van der Waals surface area contributed by atoms with E-state index in [1.807, 2.05) is 0 Å². The van der Waals surface area contributed by atoms with Gasteiger partial charge in [-0.15, -0.1) is 0 Å². The van der Waals surface area contributed by atoms with Gasteiger partial charge in [0.15, 0.2) is 11.2 Å². The fourth-order valence-corrected chi connectivity index (χ4v) is 2.08. The highest BCUT2D eigenvalue weighted by Crippen LogP contribution is 2.09. The number of nitrogens with zero attached hydrogens (tertiary/aromatic N) is 3. The van der Waals surface area contributed by atoms with E-state index in [4.69, 9.17) is 15.8 Å². The Morgan fingerprint density at radius 2 is 2.00 bits per heavy atom. The molecule has 2 heterocycles. The van der Waals surface area contributed by atoms with Crippen LogP contribution in [0.15, 0.2) is 35.4 Å². The van der Waals surface area contributed by atoms with Gasteiger partial charge < -0.3 is 20.3 Å². The van der Waals surface area contributed by atoms with Crippen molar-refractivity contribution in [2.24, 2.45) is 0 Å². The van der Waals surface area contributed by atoms with Crippen LogP contribution in [0.3, 0.4) is 0 Å². The fraction of sp³-hybridized carbons (Fsp3) is 0.0833. The lowest BCUT2D eigenvalue weighted by Crippen LogP contribution is -2.29. The first kappa shape index (κ1) is 13.3. The minimum atomic E-state index is -1.49. The van der Waals surface area contributed by atoms with Crippen molar-refractivity contribution >= 4 is 29.7 Å². The number of benzene rings is 1. The average molecular weight is 285 g/mol. The molecule has 0 amide bonds. The summed E-state index contributed by atoms with van der Waals surface area (Å²) in [7, 11) is -1.49. The van der Waals surface area contributed by atoms with Crippen LogP contribution in [-0.2, 0) is 6.54 Å². The van der Waals surface area contributed by atoms with Crippen molar-refractivity contribution in [3.8, 4) is 0 Å². The van der Waals surface area contributed by atoms with Crippen molar-refractivity contribution in [2.75, 3.05) is 5.73 Å². The Kier molecular flexibility index (Phi) is 3.20. The zero-order valence-electron chi connectivity index (χ0n) is 10.9. The maximum atomic E-state index is 11.7. The standard InChI is InChI=1S/C12H12BN5O3/c14-12-16-10-9(11(19)17-12)15-6-18(10)5-7-1-3-8(4-2-7)13(20)21/h1-4,6,20-21H,5H2,(H3,14,16,17,19). The van der Waals surface area contributed by atoms with E-state index in [0.717, 1.165) is 5.56 Å². The molecule has 3 rings (SSSR count). The molecule has 1 aromatic carbocycles. The van der Waals surface area contributed by atoms with Gasteiger partial charge in [-0.1, -0.05) is 24.3 Å². The zero-order chi connectivity index (χ0) is 15.0. The first-order valence-electron chi connectivity index (χ1n) is 6.20. The summed E-state index contributed by atoms with van der Waals surface area (Å²) in [5.74, 6) is 0.0352. The molecule has 0 radical (unpaired) electrons. The van der Waals surface area contributed by atoms with E-state index in [2.05, 4.69) is 15.0 Å².